The SMILES string of the molecule is Cc1ccc(S(=O)(=O)Oc2nc(N3CCOCC3)nc3c2ncn3C2CN(C(=O)c3ccccc3)C2)cc1. The van der Waals surface area contributed by atoms with Crippen LogP contribution in [0.4, 0.5) is 5.95 Å². The molecule has 38 heavy (non-hydrogen) atoms. The molecule has 2 fully saturated rings. The molecule has 0 atom stereocenters. The molecule has 2 aliphatic rings. The molecule has 12 heteroatoms. The molecule has 2 saturated heterocycles. The lowest BCUT2D eigenvalue weighted by atomic mass is 10.1. The Hall–Kier alpha value is -4.03. The highest BCUT2D eigenvalue weighted by atomic mass is 32.2. The van der Waals surface area contributed by atoms with Crippen LogP contribution in [0.5, 0.6) is 5.88 Å². The highest BCUT2D eigenvalue weighted by Crippen LogP contribution is 2.32. The van der Waals surface area contributed by atoms with Gasteiger partial charge in [-0.05, 0) is 31.2 Å². The van der Waals surface area contributed by atoms with Gasteiger partial charge in [-0.25, -0.2) is 4.98 Å². The first-order valence-corrected chi connectivity index (χ1v) is 13.7. The van der Waals surface area contributed by atoms with E-state index in [9.17, 15) is 13.2 Å². The fourth-order valence-electron chi connectivity index (χ4n) is 4.53. The smallest absolute Gasteiger partial charge is 0.340 e. The van der Waals surface area contributed by atoms with Gasteiger partial charge in [-0.3, -0.25) is 4.79 Å². The molecule has 4 heterocycles. The summed E-state index contributed by atoms with van der Waals surface area (Å²) in [6, 6.07) is 15.5. The first-order chi connectivity index (χ1) is 18.4. The maximum atomic E-state index is 13.1. The Morgan fingerprint density at radius 2 is 1.71 bits per heavy atom. The number of likely N-dealkylation sites (tertiary alicyclic amines) is 1. The lowest BCUT2D eigenvalue weighted by Crippen LogP contribution is -2.50. The van der Waals surface area contributed by atoms with Crippen molar-refractivity contribution in [2.45, 2.75) is 17.9 Å². The van der Waals surface area contributed by atoms with Crippen LogP contribution in [0, 0.1) is 6.92 Å². The molecule has 2 aromatic heterocycles. The van der Waals surface area contributed by atoms with Gasteiger partial charge in [-0.15, -0.1) is 0 Å². The Kier molecular flexibility index (Phi) is 6.20. The number of aryl methyl sites for hydroxylation is 1. The summed E-state index contributed by atoms with van der Waals surface area (Å²) < 4.78 is 39.1. The summed E-state index contributed by atoms with van der Waals surface area (Å²) in [5.74, 6) is 0.170. The maximum Gasteiger partial charge on any atom is 0.340 e. The number of carbonyl (C=O) groups excluding carboxylic acids is 1. The number of hydrogen-bond acceptors (Lipinski definition) is 9. The van der Waals surface area contributed by atoms with Gasteiger partial charge in [0.1, 0.15) is 4.90 Å². The van der Waals surface area contributed by atoms with Crippen molar-refractivity contribution in [1.29, 1.82) is 0 Å². The van der Waals surface area contributed by atoms with Crippen LogP contribution in [0.1, 0.15) is 22.0 Å². The Morgan fingerprint density at radius 1 is 1.00 bits per heavy atom. The monoisotopic (exact) mass is 534 g/mol. The van der Waals surface area contributed by atoms with Gasteiger partial charge in [0, 0.05) is 31.7 Å². The molecule has 2 aliphatic heterocycles. The van der Waals surface area contributed by atoms with Crippen molar-refractivity contribution in [3.05, 3.63) is 72.1 Å². The van der Waals surface area contributed by atoms with Crippen LogP contribution >= 0.6 is 0 Å². The van der Waals surface area contributed by atoms with E-state index in [1.165, 1.54) is 12.1 Å². The molecule has 196 valence electrons. The van der Waals surface area contributed by atoms with E-state index < -0.39 is 10.1 Å². The molecule has 0 saturated carbocycles. The fourth-order valence-corrected chi connectivity index (χ4v) is 5.42. The molecule has 2 aromatic carbocycles. The Morgan fingerprint density at radius 3 is 2.42 bits per heavy atom. The summed E-state index contributed by atoms with van der Waals surface area (Å²) in [5, 5.41) is 0. The standard InChI is InChI=1S/C26H26N6O5S/c1-18-7-9-21(10-8-18)38(34,35)37-24-22-23(28-26(29-24)30-11-13-36-14-12-30)32(17-27-22)20-15-31(16-20)25(33)19-5-3-2-4-6-19/h2-10,17,20H,11-16H2,1H3. The average Bonchev–Trinajstić information content (AvgIpc) is 3.33. The Balaban J connectivity index is 1.33. The zero-order valence-electron chi connectivity index (χ0n) is 20.7. The number of anilines is 1. The van der Waals surface area contributed by atoms with E-state index in [4.69, 9.17) is 13.9 Å². The minimum atomic E-state index is -4.16. The van der Waals surface area contributed by atoms with Crippen LogP contribution in [0.25, 0.3) is 11.2 Å². The first-order valence-electron chi connectivity index (χ1n) is 12.3. The molecule has 11 nitrogen and oxygen atoms in total. The minimum absolute atomic E-state index is 0.0243. The molecule has 6 rings (SSSR count). The molecule has 0 N–H and O–H groups in total. The number of morpholine rings is 1. The highest BCUT2D eigenvalue weighted by molar-refractivity contribution is 7.87. The molecule has 0 bridgehead atoms. The molecule has 0 spiro atoms. The second-order valence-electron chi connectivity index (χ2n) is 9.33. The number of nitrogens with zero attached hydrogens (tertiary/aromatic N) is 6. The maximum absolute atomic E-state index is 13.1. The second kappa shape index (κ2) is 9.69. The summed E-state index contributed by atoms with van der Waals surface area (Å²) in [6.07, 6.45) is 1.60. The molecular formula is C26H26N6O5S. The molecule has 0 unspecified atom stereocenters. The van der Waals surface area contributed by atoms with Gasteiger partial charge in [0.15, 0.2) is 11.2 Å². The van der Waals surface area contributed by atoms with Crippen LogP contribution in [-0.4, -0.2) is 78.1 Å². The van der Waals surface area contributed by atoms with Crippen molar-refractivity contribution in [2.24, 2.45) is 0 Å². The molecule has 1 amide bonds. The van der Waals surface area contributed by atoms with Crippen LogP contribution in [0.15, 0.2) is 65.8 Å². The van der Waals surface area contributed by atoms with Gasteiger partial charge in [0.2, 0.25) is 5.95 Å². The van der Waals surface area contributed by atoms with E-state index in [-0.39, 0.29) is 28.2 Å². The van der Waals surface area contributed by atoms with Crippen LogP contribution in [-0.2, 0) is 14.9 Å². The van der Waals surface area contributed by atoms with E-state index in [1.54, 1.807) is 35.5 Å². The minimum Gasteiger partial charge on any atom is -0.378 e. The summed E-state index contributed by atoms with van der Waals surface area (Å²) in [5.41, 5.74) is 2.26. The van der Waals surface area contributed by atoms with Crippen LogP contribution < -0.4 is 9.08 Å². The third kappa shape index (κ3) is 4.56. The van der Waals surface area contributed by atoms with E-state index in [1.807, 2.05) is 34.6 Å². The summed E-state index contributed by atoms with van der Waals surface area (Å²) >= 11 is 0. The van der Waals surface area contributed by atoms with Crippen molar-refractivity contribution in [2.75, 3.05) is 44.3 Å². The van der Waals surface area contributed by atoms with Crippen LogP contribution in [0.2, 0.25) is 0 Å². The number of amides is 1. The van der Waals surface area contributed by atoms with Crippen molar-refractivity contribution in [3.63, 3.8) is 0 Å². The number of ether oxygens (including phenoxy) is 1. The van der Waals surface area contributed by atoms with Crippen LogP contribution in [0.3, 0.4) is 0 Å². The lowest BCUT2D eigenvalue weighted by Gasteiger charge is -2.40. The topological polar surface area (TPSA) is 120 Å². The third-order valence-electron chi connectivity index (χ3n) is 6.73. The van der Waals surface area contributed by atoms with Crippen molar-refractivity contribution >= 4 is 33.1 Å². The zero-order valence-corrected chi connectivity index (χ0v) is 21.5. The molecule has 0 aliphatic carbocycles. The number of carbonyl (C=O) groups is 1. The number of imidazole rings is 1. The zero-order chi connectivity index (χ0) is 26.3. The fraction of sp³-hybridized carbons (Fsp3) is 0.308. The average molecular weight is 535 g/mol. The number of hydrogen-bond donors (Lipinski definition) is 0. The van der Waals surface area contributed by atoms with Gasteiger partial charge < -0.3 is 23.3 Å². The van der Waals surface area contributed by atoms with Gasteiger partial charge >= 0.3 is 10.1 Å². The lowest BCUT2D eigenvalue weighted by molar-refractivity contribution is 0.0525. The predicted molar refractivity (Wildman–Crippen MR) is 139 cm³/mol. The van der Waals surface area contributed by atoms with Gasteiger partial charge in [-0.2, -0.15) is 18.4 Å². The van der Waals surface area contributed by atoms with Gasteiger partial charge in [-0.1, -0.05) is 35.9 Å². The third-order valence-corrected chi connectivity index (χ3v) is 7.96. The number of fused-ring (bicyclic) bond motifs is 1. The van der Waals surface area contributed by atoms with Gasteiger partial charge in [0.05, 0.1) is 25.6 Å². The summed E-state index contributed by atoms with van der Waals surface area (Å²) in [6.45, 7) is 4.98. The van der Waals surface area contributed by atoms with E-state index in [0.717, 1.165) is 5.56 Å². The van der Waals surface area contributed by atoms with E-state index >= 15 is 0 Å². The molecule has 4 aromatic rings. The highest BCUT2D eigenvalue weighted by Gasteiger charge is 2.34. The number of aromatic nitrogens is 4. The Labute approximate surface area is 219 Å². The van der Waals surface area contributed by atoms with Crippen molar-refractivity contribution < 1.29 is 22.1 Å². The molecular weight excluding hydrogens is 508 g/mol. The van der Waals surface area contributed by atoms with E-state index in [0.29, 0.717) is 56.6 Å². The predicted octanol–water partition coefficient (Wildman–Crippen LogP) is 2.44. The number of benzene rings is 2. The normalized spacial score (nSPS) is 16.4. The van der Waals surface area contributed by atoms with E-state index in [2.05, 4.69) is 9.97 Å². The summed E-state index contributed by atoms with van der Waals surface area (Å²) in [4.78, 5) is 30.2. The quantitative estimate of drug-likeness (QED) is 0.344. The number of rotatable bonds is 6. The second-order valence-corrected chi connectivity index (χ2v) is 10.9. The Bertz CT molecular complexity index is 1580. The van der Waals surface area contributed by atoms with Crippen molar-refractivity contribution in [1.82, 2.24) is 24.4 Å². The van der Waals surface area contributed by atoms with Crippen molar-refractivity contribution in [3.8, 4) is 5.88 Å². The van der Waals surface area contributed by atoms with Gasteiger partial charge in [0.25, 0.3) is 11.8 Å². The first kappa shape index (κ1) is 24.3. The largest absolute Gasteiger partial charge is 0.378 e. The molecule has 0 radical (unpaired) electrons. The summed E-state index contributed by atoms with van der Waals surface area (Å²) in [7, 11) is -4.16.